The van der Waals surface area contributed by atoms with Gasteiger partial charge in [-0.25, -0.2) is 0 Å². The number of aliphatic hydroxyl groups excluding tert-OH is 2. The smallest absolute Gasteiger partial charge is 0.0811 e. The van der Waals surface area contributed by atoms with Gasteiger partial charge in [0.1, 0.15) is 0 Å². The van der Waals surface area contributed by atoms with E-state index in [2.05, 4.69) is 44.7 Å². The minimum absolute atomic E-state index is 0.202. The van der Waals surface area contributed by atoms with Crippen molar-refractivity contribution in [2.75, 3.05) is 0 Å². The van der Waals surface area contributed by atoms with E-state index < -0.39 is 17.8 Å². The third kappa shape index (κ3) is 5.07. The maximum Gasteiger partial charge on any atom is 0.0811 e. The fourth-order valence-corrected chi connectivity index (χ4v) is 5.77. The first-order valence-corrected chi connectivity index (χ1v) is 11.6. The van der Waals surface area contributed by atoms with E-state index in [0.29, 0.717) is 24.7 Å². The van der Waals surface area contributed by atoms with Gasteiger partial charge in [0.15, 0.2) is 0 Å². The van der Waals surface area contributed by atoms with Crippen molar-refractivity contribution in [2.45, 2.75) is 90.4 Å². The molecule has 0 bridgehead atoms. The van der Waals surface area contributed by atoms with Crippen LogP contribution in [0.4, 0.5) is 0 Å². The standard InChI is InChI=1S/C27H40O3/c1-18(8-6-14-26(3,4)30)23-12-13-24-20(9-7-15-27(23,24)5)10-11-21-16-22(28)17-25(29)19(21)2/h6,10-12,14,18,22,24-25,28-30H,2,7-9,13,15-17H2,1,3-5H3/b14-6+,20-10+,21-11-/t18-,22+,24?,25+,27-/m1/s1. The van der Waals surface area contributed by atoms with Crippen LogP contribution < -0.4 is 0 Å². The SMILES string of the molecule is C=C1/C(=C\C=C2/CCC[C@]3(C)C([C@H](C)C/C=C/C(C)(C)O)=CCC23)C[C@H](O)C[C@@H]1O. The molecule has 0 amide bonds. The molecule has 0 saturated heterocycles. The van der Waals surface area contributed by atoms with E-state index in [1.165, 1.54) is 18.4 Å². The predicted molar refractivity (Wildman–Crippen MR) is 124 cm³/mol. The molecule has 0 aromatic carbocycles. The maximum absolute atomic E-state index is 10.1. The highest BCUT2D eigenvalue weighted by Gasteiger charge is 2.45. The molecule has 3 aliphatic carbocycles. The fourth-order valence-electron chi connectivity index (χ4n) is 5.77. The van der Waals surface area contributed by atoms with Crippen molar-refractivity contribution in [3.8, 4) is 0 Å². The molecule has 3 heteroatoms. The first kappa shape index (κ1) is 23.2. The summed E-state index contributed by atoms with van der Waals surface area (Å²) in [6, 6.07) is 0. The number of hydrogen-bond donors (Lipinski definition) is 3. The molecular weight excluding hydrogens is 372 g/mol. The first-order chi connectivity index (χ1) is 14.0. The zero-order chi connectivity index (χ0) is 22.1. The Balaban J connectivity index is 1.75. The molecule has 1 unspecified atom stereocenters. The average molecular weight is 413 g/mol. The summed E-state index contributed by atoms with van der Waals surface area (Å²) in [6.45, 7) is 12.4. The number of hydrogen-bond acceptors (Lipinski definition) is 3. The van der Waals surface area contributed by atoms with Crippen LogP contribution in [0.5, 0.6) is 0 Å². The highest BCUT2D eigenvalue weighted by molar-refractivity contribution is 5.40. The molecule has 0 heterocycles. The van der Waals surface area contributed by atoms with Crippen molar-refractivity contribution in [3.05, 3.63) is 59.3 Å². The normalized spacial score (nSPS) is 36.4. The van der Waals surface area contributed by atoms with Crippen LogP contribution in [0.15, 0.2) is 59.3 Å². The van der Waals surface area contributed by atoms with Crippen molar-refractivity contribution < 1.29 is 15.3 Å². The van der Waals surface area contributed by atoms with Crippen LogP contribution in [-0.4, -0.2) is 33.1 Å². The van der Waals surface area contributed by atoms with Crippen molar-refractivity contribution in [1.82, 2.24) is 0 Å². The molecule has 3 rings (SSSR count). The summed E-state index contributed by atoms with van der Waals surface area (Å²) in [7, 11) is 0. The average Bonchev–Trinajstić information content (AvgIpc) is 3.00. The van der Waals surface area contributed by atoms with Crippen molar-refractivity contribution in [3.63, 3.8) is 0 Å². The van der Waals surface area contributed by atoms with E-state index in [0.717, 1.165) is 30.4 Å². The van der Waals surface area contributed by atoms with Crippen LogP contribution in [0.2, 0.25) is 0 Å². The minimum Gasteiger partial charge on any atom is -0.393 e. The Kier molecular flexibility index (Phi) is 6.96. The van der Waals surface area contributed by atoms with Gasteiger partial charge in [-0.1, -0.05) is 62.0 Å². The molecule has 3 aliphatic rings. The first-order valence-electron chi connectivity index (χ1n) is 11.6. The molecule has 30 heavy (non-hydrogen) atoms. The lowest BCUT2D eigenvalue weighted by molar-refractivity contribution is 0.0862. The zero-order valence-electron chi connectivity index (χ0n) is 19.2. The van der Waals surface area contributed by atoms with Crippen LogP contribution >= 0.6 is 0 Å². The fraction of sp³-hybridized carbons (Fsp3) is 0.630. The highest BCUT2D eigenvalue weighted by atomic mass is 16.3. The van der Waals surface area contributed by atoms with Crippen molar-refractivity contribution >= 4 is 0 Å². The third-order valence-corrected chi connectivity index (χ3v) is 7.42. The van der Waals surface area contributed by atoms with Crippen LogP contribution in [-0.2, 0) is 0 Å². The van der Waals surface area contributed by atoms with Crippen molar-refractivity contribution in [1.29, 1.82) is 0 Å². The zero-order valence-corrected chi connectivity index (χ0v) is 19.2. The number of allylic oxidation sites excluding steroid dienone is 6. The van der Waals surface area contributed by atoms with E-state index in [4.69, 9.17) is 0 Å². The van der Waals surface area contributed by atoms with Crippen LogP contribution in [0.1, 0.15) is 72.6 Å². The monoisotopic (exact) mass is 412 g/mol. The quantitative estimate of drug-likeness (QED) is 0.530. The van der Waals surface area contributed by atoms with Gasteiger partial charge < -0.3 is 15.3 Å². The van der Waals surface area contributed by atoms with Gasteiger partial charge in [0, 0.05) is 6.42 Å². The second-order valence-electron chi connectivity index (χ2n) is 10.5. The second kappa shape index (κ2) is 8.98. The Bertz CT molecular complexity index is 776. The van der Waals surface area contributed by atoms with Crippen LogP contribution in [0, 0.1) is 17.3 Å². The molecule has 2 fully saturated rings. The third-order valence-electron chi connectivity index (χ3n) is 7.42. The summed E-state index contributed by atoms with van der Waals surface area (Å²) >= 11 is 0. The van der Waals surface area contributed by atoms with Crippen molar-refractivity contribution in [2.24, 2.45) is 17.3 Å². The molecule has 0 aromatic heterocycles. The van der Waals surface area contributed by atoms with Crippen LogP contribution in [0.3, 0.4) is 0 Å². The lowest BCUT2D eigenvalue weighted by atomic mass is 9.62. The molecule has 5 atom stereocenters. The molecule has 3 nitrogen and oxygen atoms in total. The van der Waals surface area contributed by atoms with Gasteiger partial charge >= 0.3 is 0 Å². The van der Waals surface area contributed by atoms with E-state index in [1.54, 1.807) is 5.57 Å². The molecule has 166 valence electrons. The molecule has 0 aliphatic heterocycles. The number of rotatable bonds is 5. The van der Waals surface area contributed by atoms with E-state index in [-0.39, 0.29) is 5.41 Å². The van der Waals surface area contributed by atoms with Gasteiger partial charge in [0.25, 0.3) is 0 Å². The molecule has 0 spiro atoms. The van der Waals surface area contributed by atoms with Gasteiger partial charge in [-0.3, -0.25) is 0 Å². The highest BCUT2D eigenvalue weighted by Crippen LogP contribution is 2.56. The lowest BCUT2D eigenvalue weighted by Gasteiger charge is -2.42. The Morgan fingerprint density at radius 3 is 2.73 bits per heavy atom. The van der Waals surface area contributed by atoms with Gasteiger partial charge in [-0.15, -0.1) is 0 Å². The molecular formula is C27H40O3. The molecule has 3 N–H and O–H groups in total. The summed E-state index contributed by atoms with van der Waals surface area (Å²) < 4.78 is 0. The summed E-state index contributed by atoms with van der Waals surface area (Å²) in [6.07, 6.45) is 16.3. The summed E-state index contributed by atoms with van der Waals surface area (Å²) in [4.78, 5) is 0. The summed E-state index contributed by atoms with van der Waals surface area (Å²) in [5.41, 5.74) is 4.25. The Labute approximate surface area is 182 Å². The van der Waals surface area contributed by atoms with E-state index in [9.17, 15) is 15.3 Å². The Hall–Kier alpha value is -1.42. The van der Waals surface area contributed by atoms with Crippen LogP contribution in [0.25, 0.3) is 0 Å². The largest absolute Gasteiger partial charge is 0.393 e. The topological polar surface area (TPSA) is 60.7 Å². The Morgan fingerprint density at radius 1 is 1.30 bits per heavy atom. The lowest BCUT2D eigenvalue weighted by Crippen LogP contribution is -2.32. The number of fused-ring (bicyclic) bond motifs is 1. The van der Waals surface area contributed by atoms with Gasteiger partial charge in [-0.05, 0) is 80.8 Å². The summed E-state index contributed by atoms with van der Waals surface area (Å²) in [5, 5.41) is 30.1. The summed E-state index contributed by atoms with van der Waals surface area (Å²) in [5.74, 6) is 1.00. The molecule has 0 aromatic rings. The minimum atomic E-state index is -0.755. The van der Waals surface area contributed by atoms with Gasteiger partial charge in [0.05, 0.1) is 17.8 Å². The number of aliphatic hydroxyl groups is 3. The second-order valence-corrected chi connectivity index (χ2v) is 10.5. The predicted octanol–water partition coefficient (Wildman–Crippen LogP) is 5.40. The van der Waals surface area contributed by atoms with Gasteiger partial charge in [0.2, 0.25) is 0 Å². The maximum atomic E-state index is 10.1. The van der Waals surface area contributed by atoms with E-state index >= 15 is 0 Å². The Morgan fingerprint density at radius 2 is 2.03 bits per heavy atom. The molecule has 2 saturated carbocycles. The van der Waals surface area contributed by atoms with E-state index in [1.807, 2.05) is 19.9 Å². The molecule has 0 radical (unpaired) electrons. The van der Waals surface area contributed by atoms with Gasteiger partial charge in [-0.2, -0.15) is 0 Å².